The first-order valence-corrected chi connectivity index (χ1v) is 20.7. The molecule has 0 atom stereocenters. The van der Waals surface area contributed by atoms with E-state index in [1.54, 1.807) is 13.8 Å². The van der Waals surface area contributed by atoms with Crippen LogP contribution >= 0.6 is 0 Å². The SMILES string of the molecule is CCOC(=O)c1c(OCC)oc(N(c2ccccc2)c2ccccc2)[c]([Sn]([CH3])([CH3])[CH3])c1=O. The number of esters is 1. The fourth-order valence-electron chi connectivity index (χ4n) is 3.47. The van der Waals surface area contributed by atoms with Crippen molar-refractivity contribution >= 4 is 45.2 Å². The molecule has 0 aliphatic heterocycles. The zero-order chi connectivity index (χ0) is 23.3. The standard InChI is InChI=1S/C22H20NO5.3CH3.Sn/c1-3-26-21(25)20-18(24)15-19(28-22(20)27-4-2)23(16-11-7-5-8-12-16)17-13-9-6-10-14-17;;;;/h5-14H,3-4H2,1-2H3;3*1H3;. The van der Waals surface area contributed by atoms with Crippen LogP contribution in [-0.4, -0.2) is 37.6 Å². The first kappa shape index (κ1) is 23.9. The number of hydrogen-bond acceptors (Lipinski definition) is 6. The Morgan fingerprint density at radius 2 is 1.44 bits per heavy atom. The molecule has 7 heteroatoms. The van der Waals surface area contributed by atoms with E-state index in [0.29, 0.717) is 9.46 Å². The van der Waals surface area contributed by atoms with E-state index in [4.69, 9.17) is 13.9 Å². The summed E-state index contributed by atoms with van der Waals surface area (Å²) in [6.45, 7) is 3.87. The van der Waals surface area contributed by atoms with E-state index in [1.165, 1.54) is 0 Å². The molecule has 0 bridgehead atoms. The molecule has 3 aromatic rings. The second kappa shape index (κ2) is 10.3. The van der Waals surface area contributed by atoms with Crippen LogP contribution in [0.5, 0.6) is 5.95 Å². The van der Waals surface area contributed by atoms with Gasteiger partial charge in [-0.2, -0.15) is 0 Å². The van der Waals surface area contributed by atoms with Crippen molar-refractivity contribution in [1.29, 1.82) is 0 Å². The third-order valence-corrected chi connectivity index (χ3v) is 10.3. The second-order valence-corrected chi connectivity index (χ2v) is 22.5. The van der Waals surface area contributed by atoms with Crippen molar-refractivity contribution in [3.05, 3.63) is 76.5 Å². The molecule has 1 heterocycles. The van der Waals surface area contributed by atoms with Crippen molar-refractivity contribution in [3.63, 3.8) is 0 Å². The molecule has 0 fully saturated rings. The summed E-state index contributed by atoms with van der Waals surface area (Å²) in [7, 11) is 0. The van der Waals surface area contributed by atoms with Gasteiger partial charge in [-0.3, -0.25) is 0 Å². The van der Waals surface area contributed by atoms with E-state index >= 15 is 0 Å². The molecule has 0 amide bonds. The first-order valence-electron chi connectivity index (χ1n) is 10.7. The topological polar surface area (TPSA) is 69.0 Å². The van der Waals surface area contributed by atoms with E-state index in [2.05, 4.69) is 14.8 Å². The third kappa shape index (κ3) is 5.01. The summed E-state index contributed by atoms with van der Waals surface area (Å²) < 4.78 is 17.7. The molecule has 0 aliphatic rings. The number of para-hydroxylation sites is 2. The minimum absolute atomic E-state index is 0.109. The first-order chi connectivity index (χ1) is 15.3. The third-order valence-electron chi connectivity index (χ3n) is 4.80. The minimum atomic E-state index is -3.16. The average Bonchev–Trinajstić information content (AvgIpc) is 2.75. The van der Waals surface area contributed by atoms with E-state index in [9.17, 15) is 9.59 Å². The Labute approximate surface area is 192 Å². The van der Waals surface area contributed by atoms with Crippen LogP contribution in [-0.2, 0) is 4.74 Å². The number of nitrogens with zero attached hydrogens (tertiary/aromatic N) is 1. The summed E-state index contributed by atoms with van der Waals surface area (Å²) >= 11 is -3.16. The van der Waals surface area contributed by atoms with Gasteiger partial charge < -0.3 is 0 Å². The van der Waals surface area contributed by atoms with Gasteiger partial charge in [-0.05, 0) is 0 Å². The van der Waals surface area contributed by atoms with Gasteiger partial charge in [0.2, 0.25) is 0 Å². The Morgan fingerprint density at radius 1 is 0.906 bits per heavy atom. The Morgan fingerprint density at radius 3 is 1.88 bits per heavy atom. The van der Waals surface area contributed by atoms with Crippen molar-refractivity contribution in [1.82, 2.24) is 0 Å². The fourth-order valence-corrected chi connectivity index (χ4v) is 8.07. The van der Waals surface area contributed by atoms with E-state index in [-0.39, 0.29) is 30.2 Å². The van der Waals surface area contributed by atoms with Gasteiger partial charge in [0, 0.05) is 0 Å². The zero-order valence-corrected chi connectivity index (χ0v) is 22.0. The summed E-state index contributed by atoms with van der Waals surface area (Å²) in [5.74, 6) is -0.437. The molecular formula is C25H29NO5Sn. The average molecular weight is 542 g/mol. The number of rotatable bonds is 8. The molecule has 1 aromatic heterocycles. The van der Waals surface area contributed by atoms with Crippen molar-refractivity contribution < 1.29 is 18.7 Å². The summed E-state index contributed by atoms with van der Waals surface area (Å²) in [4.78, 5) is 34.8. The number of carbonyl (C=O) groups is 1. The summed E-state index contributed by atoms with van der Waals surface area (Å²) in [6.07, 6.45) is 0. The number of hydrogen-bond donors (Lipinski definition) is 0. The molecule has 0 N–H and O–H groups in total. The van der Waals surface area contributed by atoms with Crippen LogP contribution in [0.2, 0.25) is 14.8 Å². The molecule has 2 aromatic carbocycles. The van der Waals surface area contributed by atoms with E-state index in [1.807, 2.05) is 65.6 Å². The Hall–Kier alpha value is -2.74. The molecule has 0 saturated heterocycles. The Balaban J connectivity index is 2.41. The molecule has 6 nitrogen and oxygen atoms in total. The molecule has 3 rings (SSSR count). The normalized spacial score (nSPS) is 11.2. The van der Waals surface area contributed by atoms with Crippen LogP contribution in [0.15, 0.2) is 69.9 Å². The van der Waals surface area contributed by atoms with Gasteiger partial charge in [-0.15, -0.1) is 0 Å². The number of ether oxygens (including phenoxy) is 2. The van der Waals surface area contributed by atoms with Crippen LogP contribution < -0.4 is 18.6 Å². The van der Waals surface area contributed by atoms with Crippen molar-refractivity contribution in [2.24, 2.45) is 0 Å². The summed E-state index contributed by atoms with van der Waals surface area (Å²) in [6, 6.07) is 19.4. The van der Waals surface area contributed by atoms with Crippen LogP contribution in [0.1, 0.15) is 24.2 Å². The van der Waals surface area contributed by atoms with Gasteiger partial charge in [0.25, 0.3) is 0 Å². The van der Waals surface area contributed by atoms with Crippen LogP contribution in [0.25, 0.3) is 0 Å². The maximum absolute atomic E-state index is 13.8. The Kier molecular flexibility index (Phi) is 7.66. The van der Waals surface area contributed by atoms with Crippen molar-refractivity contribution in [2.45, 2.75) is 28.7 Å². The van der Waals surface area contributed by atoms with Crippen LogP contribution in [0.3, 0.4) is 0 Å². The monoisotopic (exact) mass is 543 g/mol. The van der Waals surface area contributed by atoms with Gasteiger partial charge in [-0.25, -0.2) is 0 Å². The molecule has 0 aliphatic carbocycles. The van der Waals surface area contributed by atoms with E-state index < -0.39 is 24.3 Å². The van der Waals surface area contributed by atoms with Crippen LogP contribution in [0, 0.1) is 0 Å². The zero-order valence-electron chi connectivity index (χ0n) is 19.2. The quantitative estimate of drug-likeness (QED) is 0.287. The van der Waals surface area contributed by atoms with Crippen molar-refractivity contribution in [2.75, 3.05) is 18.1 Å². The van der Waals surface area contributed by atoms with Gasteiger partial charge in [0.1, 0.15) is 0 Å². The molecule has 32 heavy (non-hydrogen) atoms. The fraction of sp³-hybridized carbons (Fsp3) is 0.280. The van der Waals surface area contributed by atoms with Crippen LogP contribution in [0.4, 0.5) is 17.3 Å². The number of anilines is 3. The number of carbonyl (C=O) groups excluding carboxylic acids is 1. The summed E-state index contributed by atoms with van der Waals surface area (Å²) in [5.41, 5.74) is 1.14. The predicted octanol–water partition coefficient (Wildman–Crippen LogP) is 5.23. The predicted molar refractivity (Wildman–Crippen MR) is 130 cm³/mol. The second-order valence-electron chi connectivity index (χ2n) is 8.18. The van der Waals surface area contributed by atoms with Crippen molar-refractivity contribution in [3.8, 4) is 5.95 Å². The molecule has 168 valence electrons. The molecule has 0 spiro atoms. The molecule has 0 unspecified atom stereocenters. The molecule has 0 radical (unpaired) electrons. The molecular weight excluding hydrogens is 513 g/mol. The van der Waals surface area contributed by atoms with Gasteiger partial charge in [-0.1, -0.05) is 0 Å². The van der Waals surface area contributed by atoms with Gasteiger partial charge in [0.15, 0.2) is 0 Å². The van der Waals surface area contributed by atoms with E-state index in [0.717, 1.165) is 11.4 Å². The summed E-state index contributed by atoms with van der Waals surface area (Å²) in [5, 5.41) is 0. The Bertz CT molecular complexity index is 1080. The molecule has 0 saturated carbocycles. The van der Waals surface area contributed by atoms with Gasteiger partial charge >= 0.3 is 193 Å². The van der Waals surface area contributed by atoms with Gasteiger partial charge in [0.05, 0.1) is 0 Å². The number of benzene rings is 2. The maximum atomic E-state index is 13.8.